The molecule has 0 amide bonds. The summed E-state index contributed by atoms with van der Waals surface area (Å²) in [6, 6.07) is 26.2. The average Bonchev–Trinajstić information content (AvgIpc) is 3.84. The Morgan fingerprint density at radius 2 is 1.64 bits per heavy atom. The molecule has 6 rings (SSSR count). The number of nitro groups is 1. The SMILES string of the molecule is CC1=C(C(=O)OCC2CC2)C(c2cccc([N+](=O)[O-])c2)C(C(=O)OC2CN(C(c3ccccc3)c3ccccc3)C2)C(N)=N1. The molecular weight excluding hydrogens is 560 g/mol. The summed E-state index contributed by atoms with van der Waals surface area (Å²) in [6.45, 7) is 2.89. The molecule has 0 bridgehead atoms. The molecule has 3 aliphatic rings. The Bertz CT molecular complexity index is 1570. The van der Waals surface area contributed by atoms with Crippen LogP contribution < -0.4 is 5.73 Å². The number of ether oxygens (including phenoxy) is 2. The lowest BCUT2D eigenvalue weighted by molar-refractivity contribution is -0.384. The fourth-order valence-corrected chi connectivity index (χ4v) is 6.04. The Hall–Kier alpha value is -4.83. The third-order valence-corrected chi connectivity index (χ3v) is 8.47. The number of benzene rings is 3. The summed E-state index contributed by atoms with van der Waals surface area (Å²) >= 11 is 0. The minimum Gasteiger partial charge on any atom is -0.462 e. The second-order valence-electron chi connectivity index (χ2n) is 11.6. The van der Waals surface area contributed by atoms with Crippen molar-refractivity contribution in [3.8, 4) is 0 Å². The maximum atomic E-state index is 13.9. The summed E-state index contributed by atoms with van der Waals surface area (Å²) in [6.07, 6.45) is 1.58. The summed E-state index contributed by atoms with van der Waals surface area (Å²) < 4.78 is 11.6. The van der Waals surface area contributed by atoms with Gasteiger partial charge in [0.25, 0.3) is 5.69 Å². The van der Waals surface area contributed by atoms with E-state index in [4.69, 9.17) is 15.2 Å². The van der Waals surface area contributed by atoms with Crippen molar-refractivity contribution in [2.75, 3.05) is 19.7 Å². The van der Waals surface area contributed by atoms with Crippen LogP contribution in [-0.2, 0) is 19.1 Å². The van der Waals surface area contributed by atoms with E-state index in [1.54, 1.807) is 13.0 Å². The number of aliphatic imine (C=N–C) groups is 1. The Balaban J connectivity index is 1.24. The van der Waals surface area contributed by atoms with Crippen molar-refractivity contribution in [3.05, 3.63) is 123 Å². The van der Waals surface area contributed by atoms with Gasteiger partial charge in [0.2, 0.25) is 0 Å². The van der Waals surface area contributed by atoms with E-state index in [1.807, 2.05) is 36.4 Å². The van der Waals surface area contributed by atoms with Crippen LogP contribution in [0.1, 0.15) is 48.4 Å². The first kappa shape index (κ1) is 29.3. The predicted molar refractivity (Wildman–Crippen MR) is 164 cm³/mol. The molecule has 1 saturated carbocycles. The van der Waals surface area contributed by atoms with E-state index in [9.17, 15) is 19.7 Å². The van der Waals surface area contributed by atoms with Gasteiger partial charge in [0, 0.05) is 31.1 Å². The molecule has 3 aromatic carbocycles. The van der Waals surface area contributed by atoms with Crippen LogP contribution in [0.5, 0.6) is 0 Å². The molecular formula is C34H34N4O6. The van der Waals surface area contributed by atoms with Gasteiger partial charge in [-0.25, -0.2) is 9.79 Å². The van der Waals surface area contributed by atoms with Crippen LogP contribution in [-0.4, -0.2) is 53.4 Å². The lowest BCUT2D eigenvalue weighted by atomic mass is 9.77. The van der Waals surface area contributed by atoms with Crippen molar-refractivity contribution in [2.24, 2.45) is 22.6 Å². The summed E-state index contributed by atoms with van der Waals surface area (Å²) in [5, 5.41) is 11.6. The molecule has 2 heterocycles. The quantitative estimate of drug-likeness (QED) is 0.199. The van der Waals surface area contributed by atoms with Gasteiger partial charge in [-0.15, -0.1) is 0 Å². The summed E-state index contributed by atoms with van der Waals surface area (Å²) in [7, 11) is 0. The highest BCUT2D eigenvalue weighted by molar-refractivity contribution is 6.06. The zero-order valence-corrected chi connectivity index (χ0v) is 24.4. The summed E-state index contributed by atoms with van der Waals surface area (Å²) in [4.78, 5) is 45.0. The standard InChI is InChI=1S/C34H34N4O6/c1-21-28(33(39)43-20-22-15-16-22)29(25-13-8-14-26(17-25)38(41)42)30(32(35)36-21)34(40)44-27-18-37(19-27)31(23-9-4-2-5-10-23)24-11-6-3-7-12-24/h2-14,17,22,27,29-31H,15-16,18-20H2,1H3,(H2,35,36). The number of non-ortho nitro benzene ring substituents is 1. The third kappa shape index (κ3) is 6.12. The number of carbonyl (C=O) groups excluding carboxylic acids is 2. The van der Waals surface area contributed by atoms with Gasteiger partial charge in [-0.3, -0.25) is 19.8 Å². The molecule has 2 fully saturated rings. The zero-order chi connectivity index (χ0) is 30.8. The molecule has 10 nitrogen and oxygen atoms in total. The Morgan fingerprint density at radius 3 is 2.23 bits per heavy atom. The average molecular weight is 595 g/mol. The van der Waals surface area contributed by atoms with E-state index in [1.165, 1.54) is 18.2 Å². The molecule has 0 radical (unpaired) electrons. The molecule has 0 spiro atoms. The van der Waals surface area contributed by atoms with Crippen molar-refractivity contribution < 1.29 is 24.0 Å². The maximum Gasteiger partial charge on any atom is 0.336 e. The van der Waals surface area contributed by atoms with Gasteiger partial charge in [-0.2, -0.15) is 0 Å². The van der Waals surface area contributed by atoms with Crippen LogP contribution in [0.15, 0.2) is 101 Å². The number of carbonyl (C=O) groups is 2. The molecule has 1 saturated heterocycles. The van der Waals surface area contributed by atoms with E-state index in [0.717, 1.165) is 24.0 Å². The smallest absolute Gasteiger partial charge is 0.336 e. The first-order valence-corrected chi connectivity index (χ1v) is 14.8. The molecule has 10 heteroatoms. The topological polar surface area (TPSA) is 137 Å². The molecule has 2 atom stereocenters. The monoisotopic (exact) mass is 594 g/mol. The largest absolute Gasteiger partial charge is 0.462 e. The molecule has 44 heavy (non-hydrogen) atoms. The number of likely N-dealkylation sites (tertiary alicyclic amines) is 1. The highest BCUT2D eigenvalue weighted by Gasteiger charge is 2.46. The number of hydrogen-bond acceptors (Lipinski definition) is 9. The highest BCUT2D eigenvalue weighted by Crippen LogP contribution is 2.41. The number of hydrogen-bond donors (Lipinski definition) is 1. The molecule has 2 aliphatic heterocycles. The van der Waals surface area contributed by atoms with Crippen LogP contribution in [0.2, 0.25) is 0 Å². The van der Waals surface area contributed by atoms with Crippen LogP contribution in [0.3, 0.4) is 0 Å². The van der Waals surface area contributed by atoms with Crippen molar-refractivity contribution in [1.82, 2.24) is 4.90 Å². The number of nitro benzene ring substituents is 1. The lowest BCUT2D eigenvalue weighted by Gasteiger charge is -2.44. The third-order valence-electron chi connectivity index (χ3n) is 8.47. The van der Waals surface area contributed by atoms with Crippen LogP contribution in [0.25, 0.3) is 0 Å². The van der Waals surface area contributed by atoms with Gasteiger partial charge in [-0.05, 0) is 42.4 Å². The number of esters is 2. The fraction of sp³-hybridized carbons (Fsp3) is 0.324. The highest BCUT2D eigenvalue weighted by atomic mass is 16.6. The molecule has 226 valence electrons. The van der Waals surface area contributed by atoms with Gasteiger partial charge in [0.1, 0.15) is 17.9 Å². The van der Waals surface area contributed by atoms with Crippen molar-refractivity contribution in [2.45, 2.75) is 37.8 Å². The van der Waals surface area contributed by atoms with E-state index in [2.05, 4.69) is 34.2 Å². The van der Waals surface area contributed by atoms with E-state index < -0.39 is 34.8 Å². The van der Waals surface area contributed by atoms with Crippen molar-refractivity contribution in [3.63, 3.8) is 0 Å². The minimum absolute atomic E-state index is 0.00891. The van der Waals surface area contributed by atoms with Gasteiger partial charge in [0.05, 0.1) is 28.8 Å². The Labute approximate surface area is 255 Å². The van der Waals surface area contributed by atoms with Crippen LogP contribution in [0.4, 0.5) is 5.69 Å². The zero-order valence-electron chi connectivity index (χ0n) is 24.4. The van der Waals surface area contributed by atoms with E-state index in [-0.39, 0.29) is 29.7 Å². The normalized spacial score (nSPS) is 20.5. The summed E-state index contributed by atoms with van der Waals surface area (Å²) in [5.41, 5.74) is 9.33. The first-order chi connectivity index (χ1) is 21.3. The molecule has 0 aromatic heterocycles. The van der Waals surface area contributed by atoms with Crippen molar-refractivity contribution in [1.29, 1.82) is 0 Å². The molecule has 3 aromatic rings. The Kier molecular flexibility index (Phi) is 8.25. The number of nitrogens with two attached hydrogens (primary N) is 1. The van der Waals surface area contributed by atoms with Crippen LogP contribution in [0, 0.1) is 22.0 Å². The lowest BCUT2D eigenvalue weighted by Crippen LogP contribution is -2.55. The predicted octanol–water partition coefficient (Wildman–Crippen LogP) is 4.91. The molecule has 1 aliphatic carbocycles. The summed E-state index contributed by atoms with van der Waals surface area (Å²) in [5.74, 6) is -3.04. The fourth-order valence-electron chi connectivity index (χ4n) is 6.04. The second-order valence-corrected chi connectivity index (χ2v) is 11.6. The Morgan fingerprint density at radius 1 is 1.00 bits per heavy atom. The number of nitrogens with zero attached hydrogens (tertiary/aromatic N) is 3. The number of allylic oxidation sites excluding steroid dienone is 1. The van der Waals surface area contributed by atoms with Gasteiger partial charge in [0.15, 0.2) is 0 Å². The molecule has 2 unspecified atom stereocenters. The van der Waals surface area contributed by atoms with E-state index in [0.29, 0.717) is 30.3 Å². The second kappa shape index (κ2) is 12.4. The van der Waals surface area contributed by atoms with Gasteiger partial charge in [-0.1, -0.05) is 72.8 Å². The van der Waals surface area contributed by atoms with Gasteiger partial charge >= 0.3 is 11.9 Å². The number of amidine groups is 1. The first-order valence-electron chi connectivity index (χ1n) is 14.8. The van der Waals surface area contributed by atoms with Gasteiger partial charge < -0.3 is 15.2 Å². The number of rotatable bonds is 10. The van der Waals surface area contributed by atoms with E-state index >= 15 is 0 Å². The molecule has 2 N–H and O–H groups in total. The van der Waals surface area contributed by atoms with Crippen LogP contribution >= 0.6 is 0 Å². The maximum absolute atomic E-state index is 13.9. The minimum atomic E-state index is -1.16. The van der Waals surface area contributed by atoms with Crippen molar-refractivity contribution >= 4 is 23.5 Å².